The summed E-state index contributed by atoms with van der Waals surface area (Å²) in [7, 11) is 0. The van der Waals surface area contributed by atoms with Gasteiger partial charge in [0.05, 0.1) is 11.6 Å². The first-order chi connectivity index (χ1) is 9.61. The number of nitrogens with one attached hydrogen (secondary N) is 1. The first-order valence-corrected chi connectivity index (χ1v) is 7.12. The zero-order valence-corrected chi connectivity index (χ0v) is 11.7. The number of benzene rings is 1. The summed E-state index contributed by atoms with van der Waals surface area (Å²) >= 11 is 0. The Morgan fingerprint density at radius 3 is 2.70 bits per heavy atom. The van der Waals surface area contributed by atoms with Crippen LogP contribution in [0.3, 0.4) is 0 Å². The van der Waals surface area contributed by atoms with Crippen molar-refractivity contribution in [2.24, 2.45) is 5.92 Å². The number of nitriles is 1. The van der Waals surface area contributed by atoms with Crippen molar-refractivity contribution in [1.82, 2.24) is 5.32 Å². The maximum absolute atomic E-state index is 12.2. The maximum Gasteiger partial charge on any atom is 0.256 e. The third-order valence-corrected chi connectivity index (χ3v) is 3.94. The van der Waals surface area contributed by atoms with Crippen molar-refractivity contribution in [1.29, 1.82) is 5.26 Å². The van der Waals surface area contributed by atoms with E-state index in [1.807, 2.05) is 6.92 Å². The van der Waals surface area contributed by atoms with Crippen LogP contribution in [0.5, 0.6) is 5.75 Å². The van der Waals surface area contributed by atoms with Gasteiger partial charge >= 0.3 is 0 Å². The van der Waals surface area contributed by atoms with E-state index in [1.54, 1.807) is 18.2 Å². The van der Waals surface area contributed by atoms with Crippen LogP contribution in [-0.4, -0.2) is 17.1 Å². The molecule has 0 aliphatic heterocycles. The Hall–Kier alpha value is -2.02. The summed E-state index contributed by atoms with van der Waals surface area (Å²) in [6.07, 6.45) is 5.42. The first-order valence-electron chi connectivity index (χ1n) is 7.12. The molecule has 4 nitrogen and oxygen atoms in total. The predicted octanol–water partition coefficient (Wildman–Crippen LogP) is 2.90. The smallest absolute Gasteiger partial charge is 0.256 e. The summed E-state index contributed by atoms with van der Waals surface area (Å²) < 4.78 is 0. The van der Waals surface area contributed by atoms with Gasteiger partial charge in [0.1, 0.15) is 11.8 Å². The highest BCUT2D eigenvalue weighted by atomic mass is 16.3. The molecule has 1 amide bonds. The Morgan fingerprint density at radius 2 is 2.10 bits per heavy atom. The van der Waals surface area contributed by atoms with Crippen molar-refractivity contribution >= 4 is 5.91 Å². The van der Waals surface area contributed by atoms with Crippen LogP contribution in [0.1, 0.15) is 48.0 Å². The van der Waals surface area contributed by atoms with Crippen LogP contribution < -0.4 is 5.32 Å². The standard InChI is InChI=1S/C16H20N2O2/c1-11-7-8-13(15(19)9-11)16(20)18-14(10-17)12-5-3-2-4-6-12/h7-9,12,14,19H,2-6H2,1H3,(H,18,20). The topological polar surface area (TPSA) is 73.1 Å². The van der Waals surface area contributed by atoms with Gasteiger partial charge in [0.2, 0.25) is 0 Å². The van der Waals surface area contributed by atoms with Crippen LogP contribution in [0.15, 0.2) is 18.2 Å². The number of carbonyl (C=O) groups excluding carboxylic acids is 1. The number of rotatable bonds is 3. The molecule has 4 heteroatoms. The fraction of sp³-hybridized carbons (Fsp3) is 0.500. The number of hydrogen-bond acceptors (Lipinski definition) is 3. The number of aromatic hydroxyl groups is 1. The molecule has 0 aromatic heterocycles. The minimum Gasteiger partial charge on any atom is -0.507 e. The largest absolute Gasteiger partial charge is 0.507 e. The lowest BCUT2D eigenvalue weighted by atomic mass is 9.84. The highest BCUT2D eigenvalue weighted by molar-refractivity contribution is 5.97. The predicted molar refractivity (Wildman–Crippen MR) is 76.3 cm³/mol. The SMILES string of the molecule is Cc1ccc(C(=O)NC(C#N)C2CCCCC2)c(O)c1. The molecule has 0 saturated heterocycles. The third kappa shape index (κ3) is 3.30. The van der Waals surface area contributed by atoms with Gasteiger partial charge in [-0.1, -0.05) is 25.3 Å². The molecule has 1 fully saturated rings. The van der Waals surface area contributed by atoms with E-state index in [9.17, 15) is 15.2 Å². The Labute approximate surface area is 119 Å². The molecule has 1 aliphatic rings. The van der Waals surface area contributed by atoms with Gasteiger partial charge in [-0.15, -0.1) is 0 Å². The van der Waals surface area contributed by atoms with Crippen LogP contribution in [0.2, 0.25) is 0 Å². The zero-order valence-electron chi connectivity index (χ0n) is 11.7. The Kier molecular flexibility index (Phi) is 4.62. The molecule has 2 N–H and O–H groups in total. The summed E-state index contributed by atoms with van der Waals surface area (Å²) in [5.41, 5.74) is 1.12. The molecule has 1 aromatic carbocycles. The second-order valence-corrected chi connectivity index (χ2v) is 5.50. The number of phenolic OH excluding ortho intramolecular Hbond substituents is 1. The number of aryl methyl sites for hydroxylation is 1. The van der Waals surface area contributed by atoms with Crippen LogP contribution in [0, 0.1) is 24.2 Å². The number of nitrogens with zero attached hydrogens (tertiary/aromatic N) is 1. The van der Waals surface area contributed by atoms with Crippen LogP contribution >= 0.6 is 0 Å². The molecular formula is C16H20N2O2. The van der Waals surface area contributed by atoms with Gasteiger partial charge in [-0.3, -0.25) is 4.79 Å². The molecule has 106 valence electrons. The average molecular weight is 272 g/mol. The fourth-order valence-electron chi connectivity index (χ4n) is 2.78. The molecule has 0 spiro atoms. The second kappa shape index (κ2) is 6.42. The molecule has 0 bridgehead atoms. The molecule has 20 heavy (non-hydrogen) atoms. The third-order valence-electron chi connectivity index (χ3n) is 3.94. The van der Waals surface area contributed by atoms with Crippen molar-refractivity contribution in [3.63, 3.8) is 0 Å². The first kappa shape index (κ1) is 14.4. The van der Waals surface area contributed by atoms with Gasteiger partial charge in [-0.2, -0.15) is 5.26 Å². The van der Waals surface area contributed by atoms with E-state index >= 15 is 0 Å². The van der Waals surface area contributed by atoms with E-state index in [-0.39, 0.29) is 23.1 Å². The van der Waals surface area contributed by atoms with Crippen LogP contribution in [0.25, 0.3) is 0 Å². The quantitative estimate of drug-likeness (QED) is 0.888. The number of phenols is 1. The monoisotopic (exact) mass is 272 g/mol. The molecule has 2 rings (SSSR count). The minimum atomic E-state index is -0.469. The number of amides is 1. The normalized spacial score (nSPS) is 17.2. The lowest BCUT2D eigenvalue weighted by molar-refractivity contribution is 0.0926. The Bertz CT molecular complexity index is 528. The number of carbonyl (C=O) groups is 1. The zero-order chi connectivity index (χ0) is 14.5. The van der Waals surface area contributed by atoms with E-state index in [2.05, 4.69) is 11.4 Å². The number of hydrogen-bond donors (Lipinski definition) is 2. The fourth-order valence-corrected chi connectivity index (χ4v) is 2.78. The summed E-state index contributed by atoms with van der Waals surface area (Å²) in [5.74, 6) is -0.187. The maximum atomic E-state index is 12.2. The van der Waals surface area contributed by atoms with E-state index in [1.165, 1.54) is 6.42 Å². The molecule has 1 atom stereocenters. The Morgan fingerprint density at radius 1 is 1.40 bits per heavy atom. The van der Waals surface area contributed by atoms with Crippen molar-refractivity contribution in [3.05, 3.63) is 29.3 Å². The highest BCUT2D eigenvalue weighted by Crippen LogP contribution is 2.27. The molecule has 1 aromatic rings. The van der Waals surface area contributed by atoms with Gasteiger partial charge in [0.25, 0.3) is 5.91 Å². The summed E-state index contributed by atoms with van der Waals surface area (Å²) in [5, 5.41) is 21.8. The van der Waals surface area contributed by atoms with Gasteiger partial charge in [0, 0.05) is 0 Å². The lowest BCUT2D eigenvalue weighted by Gasteiger charge is -2.26. The van der Waals surface area contributed by atoms with Crippen molar-refractivity contribution in [2.45, 2.75) is 45.1 Å². The van der Waals surface area contributed by atoms with E-state index in [4.69, 9.17) is 0 Å². The molecular weight excluding hydrogens is 252 g/mol. The molecule has 0 heterocycles. The summed E-state index contributed by atoms with van der Waals surface area (Å²) in [6.45, 7) is 1.85. The van der Waals surface area contributed by atoms with Gasteiger partial charge in [-0.25, -0.2) is 0 Å². The molecule has 1 unspecified atom stereocenters. The molecule has 1 saturated carbocycles. The molecule has 1 aliphatic carbocycles. The van der Waals surface area contributed by atoms with E-state index < -0.39 is 6.04 Å². The Balaban J connectivity index is 2.07. The summed E-state index contributed by atoms with van der Waals surface area (Å²) in [6, 6.07) is 6.64. The van der Waals surface area contributed by atoms with E-state index in [0.717, 1.165) is 31.2 Å². The van der Waals surface area contributed by atoms with Crippen molar-refractivity contribution < 1.29 is 9.90 Å². The van der Waals surface area contributed by atoms with Gasteiger partial charge in [-0.05, 0) is 43.4 Å². The van der Waals surface area contributed by atoms with Crippen LogP contribution in [-0.2, 0) is 0 Å². The van der Waals surface area contributed by atoms with Gasteiger partial charge in [0.15, 0.2) is 0 Å². The second-order valence-electron chi connectivity index (χ2n) is 5.50. The van der Waals surface area contributed by atoms with E-state index in [0.29, 0.717) is 0 Å². The van der Waals surface area contributed by atoms with Crippen LogP contribution in [0.4, 0.5) is 0 Å². The van der Waals surface area contributed by atoms with Crippen molar-refractivity contribution in [3.8, 4) is 11.8 Å². The van der Waals surface area contributed by atoms with Crippen molar-refractivity contribution in [2.75, 3.05) is 0 Å². The molecule has 0 radical (unpaired) electrons. The minimum absolute atomic E-state index is 0.0390. The highest BCUT2D eigenvalue weighted by Gasteiger charge is 2.25. The summed E-state index contributed by atoms with van der Waals surface area (Å²) in [4.78, 5) is 12.2. The van der Waals surface area contributed by atoms with Gasteiger partial charge < -0.3 is 10.4 Å². The average Bonchev–Trinajstić information content (AvgIpc) is 2.45. The lowest BCUT2D eigenvalue weighted by Crippen LogP contribution is -2.40.